The van der Waals surface area contributed by atoms with E-state index < -0.39 is 0 Å². The lowest BCUT2D eigenvalue weighted by molar-refractivity contribution is 0.0897. The van der Waals surface area contributed by atoms with Gasteiger partial charge in [-0.2, -0.15) is 0 Å². The maximum absolute atomic E-state index is 5.43. The van der Waals surface area contributed by atoms with Crippen molar-refractivity contribution in [1.29, 1.82) is 0 Å². The van der Waals surface area contributed by atoms with Crippen LogP contribution in [0.1, 0.15) is 20.3 Å². The van der Waals surface area contributed by atoms with Crippen molar-refractivity contribution in [3.63, 3.8) is 0 Å². The average Bonchev–Trinajstić information content (AvgIpc) is 2.64. The fourth-order valence-corrected chi connectivity index (χ4v) is 2.56. The number of hydrogen-bond acceptors (Lipinski definition) is 3. The highest BCUT2D eigenvalue weighted by Gasteiger charge is 2.28. The second-order valence-electron chi connectivity index (χ2n) is 4.78. The average molecular weight is 198 g/mol. The summed E-state index contributed by atoms with van der Waals surface area (Å²) < 4.78 is 5.43. The van der Waals surface area contributed by atoms with E-state index in [1.165, 1.54) is 13.0 Å². The molecule has 2 saturated heterocycles. The molecule has 3 nitrogen and oxygen atoms in total. The Balaban J connectivity index is 1.86. The Labute approximate surface area is 86.8 Å². The van der Waals surface area contributed by atoms with Crippen molar-refractivity contribution in [3.8, 4) is 0 Å². The zero-order valence-corrected chi connectivity index (χ0v) is 9.33. The monoisotopic (exact) mass is 198 g/mol. The van der Waals surface area contributed by atoms with Crippen molar-refractivity contribution < 1.29 is 4.74 Å². The Morgan fingerprint density at radius 1 is 1.29 bits per heavy atom. The van der Waals surface area contributed by atoms with E-state index in [4.69, 9.17) is 4.74 Å². The van der Waals surface area contributed by atoms with Crippen molar-refractivity contribution in [2.45, 2.75) is 32.4 Å². The predicted octanol–water partition coefficient (Wildman–Crippen LogP) is 0.705. The Morgan fingerprint density at radius 3 is 2.57 bits per heavy atom. The molecule has 0 bridgehead atoms. The largest absolute Gasteiger partial charge is 0.381 e. The summed E-state index contributed by atoms with van der Waals surface area (Å²) in [5, 5.41) is 3.47. The number of rotatable bonds is 2. The molecule has 0 saturated carbocycles. The van der Waals surface area contributed by atoms with Crippen LogP contribution in [0.2, 0.25) is 0 Å². The van der Waals surface area contributed by atoms with Gasteiger partial charge in [0.25, 0.3) is 0 Å². The lowest BCUT2D eigenvalue weighted by atomic mass is 10.0. The Bertz CT molecular complexity index is 170. The number of nitrogens with one attached hydrogen (secondary N) is 1. The van der Waals surface area contributed by atoms with Crippen LogP contribution in [0, 0.1) is 5.92 Å². The summed E-state index contributed by atoms with van der Waals surface area (Å²) in [5.41, 5.74) is 0. The van der Waals surface area contributed by atoms with E-state index in [0.717, 1.165) is 32.2 Å². The molecule has 0 aromatic carbocycles. The van der Waals surface area contributed by atoms with E-state index in [1.807, 2.05) is 0 Å². The molecule has 0 aromatic rings. The van der Waals surface area contributed by atoms with Gasteiger partial charge in [0, 0.05) is 38.3 Å². The van der Waals surface area contributed by atoms with Crippen LogP contribution in [0.3, 0.4) is 0 Å². The molecular formula is C11H22N2O. The van der Waals surface area contributed by atoms with E-state index in [1.54, 1.807) is 0 Å². The van der Waals surface area contributed by atoms with Gasteiger partial charge in [0.2, 0.25) is 0 Å². The summed E-state index contributed by atoms with van der Waals surface area (Å²) in [7, 11) is 0. The Hall–Kier alpha value is -0.120. The van der Waals surface area contributed by atoms with Crippen LogP contribution >= 0.6 is 0 Å². The second kappa shape index (κ2) is 4.60. The van der Waals surface area contributed by atoms with Crippen LogP contribution < -0.4 is 5.32 Å². The third-order valence-electron chi connectivity index (χ3n) is 3.50. The topological polar surface area (TPSA) is 24.5 Å². The molecule has 1 N–H and O–H groups in total. The van der Waals surface area contributed by atoms with E-state index in [-0.39, 0.29) is 0 Å². The number of hydrogen-bond donors (Lipinski definition) is 1. The quantitative estimate of drug-likeness (QED) is 0.707. The van der Waals surface area contributed by atoms with E-state index in [0.29, 0.717) is 12.1 Å². The Morgan fingerprint density at radius 2 is 2.00 bits per heavy atom. The highest BCUT2D eigenvalue weighted by molar-refractivity contribution is 4.84. The van der Waals surface area contributed by atoms with Gasteiger partial charge in [0.05, 0.1) is 6.61 Å². The third-order valence-corrected chi connectivity index (χ3v) is 3.50. The summed E-state index contributed by atoms with van der Waals surface area (Å²) in [4.78, 5) is 2.63. The maximum atomic E-state index is 5.43. The molecule has 2 heterocycles. The van der Waals surface area contributed by atoms with Gasteiger partial charge in [-0.1, -0.05) is 0 Å². The zero-order chi connectivity index (χ0) is 9.97. The molecule has 0 aromatic heterocycles. The van der Waals surface area contributed by atoms with Crippen molar-refractivity contribution in [2.75, 3.05) is 32.8 Å². The van der Waals surface area contributed by atoms with E-state index in [2.05, 4.69) is 24.1 Å². The zero-order valence-electron chi connectivity index (χ0n) is 9.33. The molecule has 2 aliphatic rings. The first-order chi connectivity index (χ1) is 6.77. The standard InChI is InChI=1S/C11H22N2O/c1-9-5-12-6-10(2)13(9)7-11-3-4-14-8-11/h9-12H,3-8H2,1-2H3. The molecule has 2 rings (SSSR count). The minimum Gasteiger partial charge on any atom is -0.381 e. The van der Waals surface area contributed by atoms with Crippen LogP contribution in [0.4, 0.5) is 0 Å². The molecule has 2 aliphatic heterocycles. The van der Waals surface area contributed by atoms with Crippen LogP contribution in [-0.2, 0) is 4.74 Å². The predicted molar refractivity (Wildman–Crippen MR) is 57.4 cm³/mol. The van der Waals surface area contributed by atoms with Gasteiger partial charge in [0.15, 0.2) is 0 Å². The first kappa shape index (κ1) is 10.4. The van der Waals surface area contributed by atoms with Gasteiger partial charge in [-0.3, -0.25) is 4.90 Å². The van der Waals surface area contributed by atoms with Crippen molar-refractivity contribution >= 4 is 0 Å². The van der Waals surface area contributed by atoms with Gasteiger partial charge in [-0.25, -0.2) is 0 Å². The molecule has 0 aliphatic carbocycles. The normalized spacial score (nSPS) is 40.3. The molecule has 0 amide bonds. The van der Waals surface area contributed by atoms with Crippen LogP contribution in [-0.4, -0.2) is 49.8 Å². The van der Waals surface area contributed by atoms with Crippen LogP contribution in [0.25, 0.3) is 0 Å². The summed E-state index contributed by atoms with van der Waals surface area (Å²) in [6.45, 7) is 10.1. The highest BCUT2D eigenvalue weighted by Crippen LogP contribution is 2.18. The van der Waals surface area contributed by atoms with Gasteiger partial charge in [0.1, 0.15) is 0 Å². The first-order valence-electron chi connectivity index (χ1n) is 5.81. The maximum Gasteiger partial charge on any atom is 0.0507 e. The van der Waals surface area contributed by atoms with Crippen molar-refractivity contribution in [2.24, 2.45) is 5.92 Å². The fourth-order valence-electron chi connectivity index (χ4n) is 2.56. The summed E-state index contributed by atoms with van der Waals surface area (Å²) in [6.07, 6.45) is 1.25. The number of piperazine rings is 1. The van der Waals surface area contributed by atoms with Gasteiger partial charge >= 0.3 is 0 Å². The molecule has 14 heavy (non-hydrogen) atoms. The summed E-state index contributed by atoms with van der Waals surface area (Å²) in [6, 6.07) is 1.36. The smallest absolute Gasteiger partial charge is 0.0507 e. The van der Waals surface area contributed by atoms with Gasteiger partial charge in [-0.15, -0.1) is 0 Å². The molecule has 0 radical (unpaired) electrons. The molecular weight excluding hydrogens is 176 g/mol. The number of nitrogens with zero attached hydrogens (tertiary/aromatic N) is 1. The minimum absolute atomic E-state index is 0.680. The number of ether oxygens (including phenoxy) is 1. The van der Waals surface area contributed by atoms with Gasteiger partial charge in [-0.05, 0) is 26.2 Å². The minimum atomic E-state index is 0.680. The molecule has 0 spiro atoms. The van der Waals surface area contributed by atoms with Crippen molar-refractivity contribution in [1.82, 2.24) is 10.2 Å². The van der Waals surface area contributed by atoms with E-state index >= 15 is 0 Å². The lowest BCUT2D eigenvalue weighted by Crippen LogP contribution is -2.56. The van der Waals surface area contributed by atoms with E-state index in [9.17, 15) is 0 Å². The molecule has 3 heteroatoms. The molecule has 82 valence electrons. The Kier molecular flexibility index (Phi) is 3.42. The molecule has 2 fully saturated rings. The highest BCUT2D eigenvalue weighted by atomic mass is 16.5. The van der Waals surface area contributed by atoms with Gasteiger partial charge < -0.3 is 10.1 Å². The summed E-state index contributed by atoms with van der Waals surface area (Å²) in [5.74, 6) is 0.776. The SMILES string of the molecule is CC1CNCC(C)N1CC1CCOC1. The van der Waals surface area contributed by atoms with Crippen molar-refractivity contribution in [3.05, 3.63) is 0 Å². The fraction of sp³-hybridized carbons (Fsp3) is 1.00. The first-order valence-corrected chi connectivity index (χ1v) is 5.81. The van der Waals surface area contributed by atoms with Crippen LogP contribution in [0.5, 0.6) is 0 Å². The molecule has 3 atom stereocenters. The lowest BCUT2D eigenvalue weighted by Gasteiger charge is -2.40. The third kappa shape index (κ3) is 2.27. The van der Waals surface area contributed by atoms with Crippen LogP contribution in [0.15, 0.2) is 0 Å². The summed E-state index contributed by atoms with van der Waals surface area (Å²) >= 11 is 0. The second-order valence-corrected chi connectivity index (χ2v) is 4.78. The molecule has 3 unspecified atom stereocenters.